The van der Waals surface area contributed by atoms with Crippen LogP contribution < -0.4 is 15.8 Å². The molecule has 244 valence electrons. The van der Waals surface area contributed by atoms with Crippen LogP contribution in [0.4, 0.5) is 18.9 Å². The van der Waals surface area contributed by atoms with E-state index in [9.17, 15) is 36.7 Å². The molecule has 0 unspecified atom stereocenters. The number of nitrogens with one attached hydrogen (secondary N) is 1. The number of hydrogen-bond acceptors (Lipinski definition) is 7. The molecular formula is C32H26ClF3N4O6S. The average molecular weight is 687 g/mol. The van der Waals surface area contributed by atoms with Crippen molar-refractivity contribution in [2.45, 2.75) is 22.8 Å². The number of piperazine rings is 1. The molecular weight excluding hydrogens is 661 g/mol. The van der Waals surface area contributed by atoms with Crippen LogP contribution in [0.1, 0.15) is 15.9 Å². The summed E-state index contributed by atoms with van der Waals surface area (Å²) < 4.78 is 73.1. The number of sulfone groups is 1. The Morgan fingerprint density at radius 2 is 1.70 bits per heavy atom. The van der Waals surface area contributed by atoms with E-state index in [4.69, 9.17) is 11.6 Å². The Hall–Kier alpha value is -4.66. The summed E-state index contributed by atoms with van der Waals surface area (Å²) in [7, 11) is -2.67. The second-order valence-electron chi connectivity index (χ2n) is 11.3. The molecule has 2 aromatic heterocycles. The van der Waals surface area contributed by atoms with Gasteiger partial charge in [-0.3, -0.25) is 9.59 Å². The molecule has 15 heteroatoms. The van der Waals surface area contributed by atoms with Crippen LogP contribution in [0, 0.1) is 17.5 Å². The largest absolute Gasteiger partial charge is 0.477 e. The number of halogens is 4. The first-order valence-electron chi connectivity index (χ1n) is 14.3. The number of benzene rings is 3. The maximum Gasteiger partial charge on any atom is 0.341 e. The number of fused-ring (bicyclic) bond motifs is 2. The van der Waals surface area contributed by atoms with Crippen molar-refractivity contribution in [2.75, 3.05) is 38.1 Å². The molecule has 0 amide bonds. The number of carboxylic acids is 1. The van der Waals surface area contributed by atoms with Gasteiger partial charge in [-0.2, -0.15) is 0 Å². The third-order valence-electron chi connectivity index (χ3n) is 8.31. The first-order valence-corrected chi connectivity index (χ1v) is 16.2. The Labute approximate surface area is 270 Å². The molecule has 0 aliphatic carbocycles. The molecule has 1 aliphatic rings. The SMILES string of the molecule is CN1CCN(c2cc3c(cc2F)c(=O)c(C(=O)O)cn3CCc2cc(F)cc(S(=O)(=O)c3c[nH]c4c(F)c(Cl)ccc4c3=O)c2)CC1. The first-order chi connectivity index (χ1) is 22.3. The van der Waals surface area contributed by atoms with Gasteiger partial charge in [0.2, 0.25) is 20.7 Å². The molecule has 47 heavy (non-hydrogen) atoms. The fourth-order valence-electron chi connectivity index (χ4n) is 5.74. The van der Waals surface area contributed by atoms with Crippen LogP contribution >= 0.6 is 11.6 Å². The lowest BCUT2D eigenvalue weighted by Gasteiger charge is -2.34. The number of carbonyl (C=O) groups is 1. The molecule has 1 fully saturated rings. The highest BCUT2D eigenvalue weighted by Crippen LogP contribution is 2.28. The van der Waals surface area contributed by atoms with E-state index in [-0.39, 0.29) is 51.0 Å². The molecule has 0 spiro atoms. The number of anilines is 1. The van der Waals surface area contributed by atoms with E-state index in [0.717, 1.165) is 36.7 Å². The highest BCUT2D eigenvalue weighted by atomic mass is 35.5. The number of aryl methyl sites for hydroxylation is 2. The van der Waals surface area contributed by atoms with Gasteiger partial charge in [0, 0.05) is 55.9 Å². The molecule has 3 heterocycles. The summed E-state index contributed by atoms with van der Waals surface area (Å²) in [5.41, 5.74) is -2.10. The highest BCUT2D eigenvalue weighted by molar-refractivity contribution is 7.91. The van der Waals surface area contributed by atoms with Crippen LogP contribution in [0.3, 0.4) is 0 Å². The molecule has 5 aromatic rings. The number of H-pyrrole nitrogens is 1. The molecule has 1 saturated heterocycles. The lowest BCUT2D eigenvalue weighted by molar-refractivity contribution is 0.0694. The smallest absolute Gasteiger partial charge is 0.341 e. The zero-order valence-corrected chi connectivity index (χ0v) is 26.3. The summed E-state index contributed by atoms with van der Waals surface area (Å²) >= 11 is 5.77. The average Bonchev–Trinajstić information content (AvgIpc) is 3.02. The quantitative estimate of drug-likeness (QED) is 0.257. The Kier molecular flexibility index (Phi) is 8.36. The minimum Gasteiger partial charge on any atom is -0.477 e. The van der Waals surface area contributed by atoms with Gasteiger partial charge >= 0.3 is 5.97 Å². The minimum absolute atomic E-state index is 0.0453. The van der Waals surface area contributed by atoms with E-state index in [0.29, 0.717) is 26.2 Å². The molecule has 2 N–H and O–H groups in total. The Morgan fingerprint density at radius 3 is 2.40 bits per heavy atom. The van der Waals surface area contributed by atoms with Crippen LogP contribution in [-0.4, -0.2) is 67.2 Å². The lowest BCUT2D eigenvalue weighted by atomic mass is 10.1. The minimum atomic E-state index is -4.61. The molecule has 0 atom stereocenters. The van der Waals surface area contributed by atoms with Crippen molar-refractivity contribution in [3.8, 4) is 0 Å². The van der Waals surface area contributed by atoms with E-state index in [2.05, 4.69) is 9.88 Å². The molecule has 0 bridgehead atoms. The van der Waals surface area contributed by atoms with Crippen LogP contribution in [-0.2, 0) is 22.8 Å². The fraction of sp³-hybridized carbons (Fsp3) is 0.219. The number of rotatable bonds is 7. The summed E-state index contributed by atoms with van der Waals surface area (Å²) in [5, 5.41) is 8.99. The van der Waals surface area contributed by atoms with Crippen molar-refractivity contribution < 1.29 is 31.5 Å². The van der Waals surface area contributed by atoms with E-state index in [1.165, 1.54) is 22.8 Å². The van der Waals surface area contributed by atoms with Gasteiger partial charge in [0.1, 0.15) is 22.1 Å². The van der Waals surface area contributed by atoms with Gasteiger partial charge in [0.05, 0.1) is 26.6 Å². The van der Waals surface area contributed by atoms with E-state index in [1.807, 2.05) is 11.9 Å². The molecule has 1 aliphatic heterocycles. The lowest BCUT2D eigenvalue weighted by Crippen LogP contribution is -2.44. The highest BCUT2D eigenvalue weighted by Gasteiger charge is 2.26. The fourth-order valence-corrected chi connectivity index (χ4v) is 7.29. The number of aromatic carboxylic acids is 1. The number of nitrogens with zero attached hydrogens (tertiary/aromatic N) is 3. The number of likely N-dealkylation sites (N-methyl/N-ethyl adjacent to an activating group) is 1. The maximum absolute atomic E-state index is 15.3. The third-order valence-corrected chi connectivity index (χ3v) is 10.3. The number of pyridine rings is 2. The van der Waals surface area contributed by atoms with E-state index < -0.39 is 59.5 Å². The predicted octanol–water partition coefficient (Wildman–Crippen LogP) is 4.44. The number of hydrogen-bond donors (Lipinski definition) is 2. The normalized spacial score (nSPS) is 14.3. The Balaban J connectivity index is 1.39. The Morgan fingerprint density at radius 1 is 0.979 bits per heavy atom. The molecule has 6 rings (SSSR count). The topological polar surface area (TPSA) is 133 Å². The zero-order valence-electron chi connectivity index (χ0n) is 24.7. The Bertz CT molecular complexity index is 2340. The first kappa shape index (κ1) is 32.3. The van der Waals surface area contributed by atoms with Crippen LogP contribution in [0.15, 0.2) is 74.2 Å². The summed E-state index contributed by atoms with van der Waals surface area (Å²) in [6, 6.07) is 7.78. The summed E-state index contributed by atoms with van der Waals surface area (Å²) in [6.07, 6.45) is 1.90. The second kappa shape index (κ2) is 12.2. The molecule has 0 radical (unpaired) electrons. The second-order valence-corrected chi connectivity index (χ2v) is 13.6. The third kappa shape index (κ3) is 5.88. The van der Waals surface area contributed by atoms with Gasteiger partial charge in [0.15, 0.2) is 5.82 Å². The van der Waals surface area contributed by atoms with E-state index >= 15 is 4.39 Å². The molecule has 0 saturated carbocycles. The van der Waals surface area contributed by atoms with Gasteiger partial charge in [-0.05, 0) is 61.5 Å². The van der Waals surface area contributed by atoms with Gasteiger partial charge < -0.3 is 24.5 Å². The monoisotopic (exact) mass is 686 g/mol. The van der Waals surface area contributed by atoms with Gasteiger partial charge in [-0.1, -0.05) is 11.6 Å². The van der Waals surface area contributed by atoms with Crippen LogP contribution in [0.25, 0.3) is 21.8 Å². The zero-order chi connectivity index (χ0) is 33.8. The van der Waals surface area contributed by atoms with Crippen molar-refractivity contribution in [3.05, 3.63) is 109 Å². The standard InChI is InChI=1S/C32H26ClF3N4O6S/c1-38-6-8-39(9-7-38)26-14-25-21(13-24(26)35)30(41)22(32(43)44)16-40(25)5-4-17-10-18(34)12-19(11-17)47(45,46)27-15-37-29-20(31(27)42)2-3-23(33)28(29)36/h2-3,10-16H,4-9H2,1H3,(H,37,42)(H,43,44). The summed E-state index contributed by atoms with van der Waals surface area (Å²) in [6.45, 7) is 2.37. The van der Waals surface area contributed by atoms with Crippen molar-refractivity contribution in [2.24, 2.45) is 0 Å². The number of aromatic amines is 1. The van der Waals surface area contributed by atoms with Crippen molar-refractivity contribution >= 4 is 54.9 Å². The van der Waals surface area contributed by atoms with Crippen LogP contribution in [0.2, 0.25) is 5.02 Å². The summed E-state index contributed by atoms with van der Waals surface area (Å²) in [5.74, 6) is -4.05. The van der Waals surface area contributed by atoms with Crippen molar-refractivity contribution in [1.29, 1.82) is 0 Å². The van der Waals surface area contributed by atoms with Crippen molar-refractivity contribution in [3.63, 3.8) is 0 Å². The maximum atomic E-state index is 15.3. The predicted molar refractivity (Wildman–Crippen MR) is 170 cm³/mol. The van der Waals surface area contributed by atoms with Crippen molar-refractivity contribution in [1.82, 2.24) is 14.5 Å². The van der Waals surface area contributed by atoms with Gasteiger partial charge in [-0.25, -0.2) is 26.4 Å². The molecule has 10 nitrogen and oxygen atoms in total. The van der Waals surface area contributed by atoms with Crippen LogP contribution in [0.5, 0.6) is 0 Å². The molecule has 3 aromatic carbocycles. The summed E-state index contributed by atoms with van der Waals surface area (Å²) in [4.78, 5) is 43.1. The number of carboxylic acid groups (broad SMARTS) is 1. The van der Waals surface area contributed by atoms with Gasteiger partial charge in [-0.15, -0.1) is 0 Å². The number of aromatic nitrogens is 2. The van der Waals surface area contributed by atoms with Gasteiger partial charge in [0.25, 0.3) is 0 Å². The van der Waals surface area contributed by atoms with E-state index in [1.54, 1.807) is 0 Å².